The standard InChI is InChI=1S/C19H25NO2.ClH/c1-3-17(14-7-5-4-6-8-14)20-12-13(2)16-10-9-15(19(21)22)11-18(16)20;/h9-12,14,17H,3-8H2,1-2H3,(H,21,22);1H. The number of rotatable bonds is 4. The molecule has 0 spiro atoms. The van der Waals surface area contributed by atoms with E-state index >= 15 is 0 Å². The molecule has 0 bridgehead atoms. The van der Waals surface area contributed by atoms with Crippen molar-refractivity contribution in [3.05, 3.63) is 35.5 Å². The van der Waals surface area contributed by atoms with Crippen LogP contribution in [0.3, 0.4) is 0 Å². The van der Waals surface area contributed by atoms with Gasteiger partial charge in [0, 0.05) is 23.1 Å². The molecule has 1 saturated carbocycles. The monoisotopic (exact) mass is 335 g/mol. The fourth-order valence-corrected chi connectivity index (χ4v) is 4.11. The summed E-state index contributed by atoms with van der Waals surface area (Å²) in [7, 11) is 0. The molecule has 3 nitrogen and oxygen atoms in total. The number of carboxylic acid groups (broad SMARTS) is 1. The molecule has 0 amide bonds. The molecule has 0 saturated heterocycles. The molecule has 1 aliphatic carbocycles. The highest BCUT2D eigenvalue weighted by Gasteiger charge is 2.25. The van der Waals surface area contributed by atoms with Gasteiger partial charge in [-0.05, 0) is 49.8 Å². The summed E-state index contributed by atoms with van der Waals surface area (Å²) in [6.45, 7) is 4.37. The van der Waals surface area contributed by atoms with Gasteiger partial charge in [0.05, 0.1) is 5.56 Å². The Labute approximate surface area is 144 Å². The smallest absolute Gasteiger partial charge is 0.335 e. The number of aryl methyl sites for hydroxylation is 1. The summed E-state index contributed by atoms with van der Waals surface area (Å²) in [5.41, 5.74) is 2.70. The van der Waals surface area contributed by atoms with E-state index in [0.717, 1.165) is 17.9 Å². The Hall–Kier alpha value is -1.48. The Morgan fingerprint density at radius 1 is 1.30 bits per heavy atom. The normalized spacial score (nSPS) is 17.0. The minimum absolute atomic E-state index is 0. The first-order valence-electron chi connectivity index (χ1n) is 8.46. The number of hydrogen-bond donors (Lipinski definition) is 1. The van der Waals surface area contributed by atoms with Crippen LogP contribution < -0.4 is 0 Å². The van der Waals surface area contributed by atoms with Gasteiger partial charge in [-0.1, -0.05) is 32.3 Å². The van der Waals surface area contributed by atoms with Crippen LogP contribution in [0.25, 0.3) is 10.9 Å². The maximum absolute atomic E-state index is 11.3. The lowest BCUT2D eigenvalue weighted by molar-refractivity contribution is 0.0697. The third kappa shape index (κ3) is 3.40. The molecule has 126 valence electrons. The van der Waals surface area contributed by atoms with Crippen LogP contribution in [-0.4, -0.2) is 15.6 Å². The highest BCUT2D eigenvalue weighted by molar-refractivity contribution is 5.94. The number of halogens is 1. The van der Waals surface area contributed by atoms with E-state index in [2.05, 4.69) is 24.6 Å². The van der Waals surface area contributed by atoms with Crippen LogP contribution in [0.4, 0.5) is 0 Å². The summed E-state index contributed by atoms with van der Waals surface area (Å²) in [5.74, 6) is -0.125. The highest BCUT2D eigenvalue weighted by Crippen LogP contribution is 2.37. The fraction of sp³-hybridized carbons (Fsp3) is 0.526. The predicted octanol–water partition coefficient (Wildman–Crippen LogP) is 5.60. The summed E-state index contributed by atoms with van der Waals surface area (Å²) >= 11 is 0. The molecular weight excluding hydrogens is 310 g/mol. The molecule has 1 aromatic carbocycles. The zero-order valence-electron chi connectivity index (χ0n) is 13.9. The second-order valence-corrected chi connectivity index (χ2v) is 6.63. The Morgan fingerprint density at radius 3 is 2.61 bits per heavy atom. The zero-order chi connectivity index (χ0) is 15.7. The van der Waals surface area contributed by atoms with E-state index in [0.29, 0.717) is 11.6 Å². The van der Waals surface area contributed by atoms with E-state index < -0.39 is 5.97 Å². The average Bonchev–Trinajstić information content (AvgIpc) is 2.86. The molecule has 23 heavy (non-hydrogen) atoms. The zero-order valence-corrected chi connectivity index (χ0v) is 14.7. The van der Waals surface area contributed by atoms with Gasteiger partial charge < -0.3 is 9.67 Å². The maximum atomic E-state index is 11.3. The van der Waals surface area contributed by atoms with Gasteiger partial charge in [0.25, 0.3) is 0 Å². The molecule has 1 aliphatic rings. The number of carboxylic acids is 1. The van der Waals surface area contributed by atoms with E-state index in [-0.39, 0.29) is 12.4 Å². The first-order valence-corrected chi connectivity index (χ1v) is 8.46. The topological polar surface area (TPSA) is 42.2 Å². The number of fused-ring (bicyclic) bond motifs is 1. The number of aromatic carboxylic acids is 1. The molecule has 0 aliphatic heterocycles. The van der Waals surface area contributed by atoms with Gasteiger partial charge in [-0.25, -0.2) is 4.79 Å². The van der Waals surface area contributed by atoms with Crippen molar-refractivity contribution >= 4 is 29.3 Å². The van der Waals surface area contributed by atoms with Gasteiger partial charge in [0.15, 0.2) is 0 Å². The summed E-state index contributed by atoms with van der Waals surface area (Å²) in [6.07, 6.45) is 9.96. The van der Waals surface area contributed by atoms with Gasteiger partial charge in [-0.2, -0.15) is 0 Å². The quantitative estimate of drug-likeness (QED) is 0.790. The van der Waals surface area contributed by atoms with Crippen LogP contribution in [0.15, 0.2) is 24.4 Å². The largest absolute Gasteiger partial charge is 0.478 e. The number of hydrogen-bond acceptors (Lipinski definition) is 1. The molecule has 0 radical (unpaired) electrons. The number of nitrogens with zero attached hydrogens (tertiary/aromatic N) is 1. The minimum Gasteiger partial charge on any atom is -0.478 e. The summed E-state index contributed by atoms with van der Waals surface area (Å²) in [6, 6.07) is 6.00. The van der Waals surface area contributed by atoms with Crippen LogP contribution >= 0.6 is 12.4 Å². The van der Waals surface area contributed by atoms with Crippen molar-refractivity contribution in [3.63, 3.8) is 0 Å². The first kappa shape index (κ1) is 17.9. The lowest BCUT2D eigenvalue weighted by atomic mass is 9.82. The molecule has 4 heteroatoms. The van der Waals surface area contributed by atoms with E-state index in [1.54, 1.807) is 6.07 Å². The van der Waals surface area contributed by atoms with Crippen molar-refractivity contribution in [1.29, 1.82) is 0 Å². The predicted molar refractivity (Wildman–Crippen MR) is 96.8 cm³/mol. The fourth-order valence-electron chi connectivity index (χ4n) is 4.11. The van der Waals surface area contributed by atoms with E-state index in [9.17, 15) is 9.90 Å². The van der Waals surface area contributed by atoms with Gasteiger partial charge in [-0.3, -0.25) is 0 Å². The third-order valence-electron chi connectivity index (χ3n) is 5.25. The number of carbonyl (C=O) groups is 1. The average molecular weight is 336 g/mol. The molecule has 1 N–H and O–H groups in total. The van der Waals surface area contributed by atoms with Crippen molar-refractivity contribution in [3.8, 4) is 0 Å². The summed E-state index contributed by atoms with van der Waals surface area (Å²) < 4.78 is 2.35. The van der Waals surface area contributed by atoms with Crippen LogP contribution in [0.2, 0.25) is 0 Å². The van der Waals surface area contributed by atoms with E-state index in [4.69, 9.17) is 0 Å². The number of benzene rings is 1. The second-order valence-electron chi connectivity index (χ2n) is 6.63. The lowest BCUT2D eigenvalue weighted by Crippen LogP contribution is -2.20. The van der Waals surface area contributed by atoms with Crippen molar-refractivity contribution < 1.29 is 9.90 Å². The SMILES string of the molecule is CCC(C1CCCCC1)n1cc(C)c2ccc(C(=O)O)cc21.Cl. The van der Waals surface area contributed by atoms with Crippen molar-refractivity contribution in [2.75, 3.05) is 0 Å². The molecule has 1 atom stereocenters. The Morgan fingerprint density at radius 2 is 2.00 bits per heavy atom. The number of aromatic nitrogens is 1. The molecule has 2 aromatic rings. The molecule has 1 unspecified atom stereocenters. The summed E-state index contributed by atoms with van der Waals surface area (Å²) in [5, 5.41) is 10.5. The van der Waals surface area contributed by atoms with Gasteiger partial charge in [-0.15, -0.1) is 12.4 Å². The molecule has 1 heterocycles. The Bertz CT molecular complexity index is 686. The highest BCUT2D eigenvalue weighted by atomic mass is 35.5. The van der Waals surface area contributed by atoms with Crippen LogP contribution in [0, 0.1) is 12.8 Å². The first-order chi connectivity index (χ1) is 10.6. The van der Waals surface area contributed by atoms with Gasteiger partial charge in [0.2, 0.25) is 0 Å². The third-order valence-corrected chi connectivity index (χ3v) is 5.25. The van der Waals surface area contributed by atoms with E-state index in [1.807, 2.05) is 12.1 Å². The lowest BCUT2D eigenvalue weighted by Gasteiger charge is -2.31. The summed E-state index contributed by atoms with van der Waals surface area (Å²) in [4.78, 5) is 11.3. The van der Waals surface area contributed by atoms with Gasteiger partial charge >= 0.3 is 5.97 Å². The van der Waals surface area contributed by atoms with Crippen LogP contribution in [-0.2, 0) is 0 Å². The Balaban J connectivity index is 0.00000192. The molecule has 3 rings (SSSR count). The van der Waals surface area contributed by atoms with Gasteiger partial charge in [0.1, 0.15) is 0 Å². The maximum Gasteiger partial charge on any atom is 0.335 e. The molecule has 1 fully saturated rings. The van der Waals surface area contributed by atoms with Crippen molar-refractivity contribution in [2.45, 2.75) is 58.4 Å². The van der Waals surface area contributed by atoms with Crippen molar-refractivity contribution in [1.82, 2.24) is 4.57 Å². The molecular formula is C19H26ClNO2. The van der Waals surface area contributed by atoms with Crippen LogP contribution in [0.5, 0.6) is 0 Å². The van der Waals surface area contributed by atoms with E-state index in [1.165, 1.54) is 43.1 Å². The minimum atomic E-state index is -0.849. The Kier molecular flexibility index (Phi) is 5.74. The van der Waals surface area contributed by atoms with Crippen LogP contribution in [0.1, 0.15) is 67.4 Å². The second kappa shape index (κ2) is 7.39. The molecule has 1 aromatic heterocycles. The van der Waals surface area contributed by atoms with Crippen molar-refractivity contribution in [2.24, 2.45) is 5.92 Å².